The Kier molecular flexibility index (Phi) is 5.84. The van der Waals surface area contributed by atoms with Crippen molar-refractivity contribution in [3.8, 4) is 0 Å². The molecule has 0 aliphatic carbocycles. The topological polar surface area (TPSA) is 55.1 Å². The van der Waals surface area contributed by atoms with E-state index in [4.69, 9.17) is 5.73 Å². The first-order valence-electron chi connectivity index (χ1n) is 4.14. The number of rotatable bonds is 1. The molecular weight excluding hydrogens is 140 g/mol. The largest absolute Gasteiger partial charge is 0.369 e. The SMILES string of the molecule is C1CCNC1.CC(C)C(N)=O. The quantitative estimate of drug-likeness (QED) is 0.584. The minimum Gasteiger partial charge on any atom is -0.369 e. The number of carbonyl (C=O) groups excluding carboxylic acids is 1. The Morgan fingerprint density at radius 2 is 1.73 bits per heavy atom. The molecule has 0 spiro atoms. The van der Waals surface area contributed by atoms with E-state index < -0.39 is 0 Å². The molecule has 1 aliphatic heterocycles. The summed E-state index contributed by atoms with van der Waals surface area (Å²) in [6.07, 6.45) is 2.78. The van der Waals surface area contributed by atoms with Gasteiger partial charge in [-0.3, -0.25) is 4.79 Å². The third-order valence-corrected chi connectivity index (χ3v) is 1.53. The van der Waals surface area contributed by atoms with Crippen LogP contribution in [0.15, 0.2) is 0 Å². The number of amides is 1. The van der Waals surface area contributed by atoms with E-state index in [2.05, 4.69) is 5.32 Å². The number of hydrogen-bond acceptors (Lipinski definition) is 2. The average molecular weight is 158 g/mol. The van der Waals surface area contributed by atoms with Crippen molar-refractivity contribution in [1.82, 2.24) is 5.32 Å². The van der Waals surface area contributed by atoms with E-state index in [1.165, 1.54) is 25.9 Å². The van der Waals surface area contributed by atoms with Crippen LogP contribution in [0, 0.1) is 5.92 Å². The molecule has 11 heavy (non-hydrogen) atoms. The fourth-order valence-electron chi connectivity index (χ4n) is 0.625. The van der Waals surface area contributed by atoms with Crippen LogP contribution in [0.5, 0.6) is 0 Å². The van der Waals surface area contributed by atoms with Gasteiger partial charge in [0.2, 0.25) is 5.91 Å². The molecule has 1 aliphatic rings. The lowest BCUT2D eigenvalue weighted by Gasteiger charge is -1.90. The Balaban J connectivity index is 0.000000183. The molecule has 1 heterocycles. The zero-order valence-electron chi connectivity index (χ0n) is 7.39. The molecule has 0 aromatic rings. The predicted octanol–water partition coefficient (Wildman–Crippen LogP) is 0.497. The Labute approximate surface area is 68.3 Å². The first-order chi connectivity index (χ1) is 5.14. The summed E-state index contributed by atoms with van der Waals surface area (Å²) in [6, 6.07) is 0. The lowest BCUT2D eigenvalue weighted by Crippen LogP contribution is -2.17. The molecule has 0 bridgehead atoms. The van der Waals surface area contributed by atoms with E-state index in [1.807, 2.05) is 0 Å². The Morgan fingerprint density at radius 1 is 1.36 bits per heavy atom. The minimum atomic E-state index is -0.241. The van der Waals surface area contributed by atoms with Crippen molar-refractivity contribution >= 4 is 5.91 Å². The van der Waals surface area contributed by atoms with Crippen molar-refractivity contribution in [3.63, 3.8) is 0 Å². The summed E-state index contributed by atoms with van der Waals surface area (Å²) < 4.78 is 0. The smallest absolute Gasteiger partial charge is 0.219 e. The summed E-state index contributed by atoms with van der Waals surface area (Å²) in [6.45, 7) is 6.03. The summed E-state index contributed by atoms with van der Waals surface area (Å²) in [4.78, 5) is 9.92. The van der Waals surface area contributed by atoms with Gasteiger partial charge < -0.3 is 11.1 Å². The van der Waals surface area contributed by atoms with Gasteiger partial charge in [-0.15, -0.1) is 0 Å². The van der Waals surface area contributed by atoms with E-state index in [1.54, 1.807) is 13.8 Å². The maximum absolute atomic E-state index is 9.92. The maximum Gasteiger partial charge on any atom is 0.219 e. The summed E-state index contributed by atoms with van der Waals surface area (Å²) >= 11 is 0. The van der Waals surface area contributed by atoms with E-state index in [9.17, 15) is 4.79 Å². The van der Waals surface area contributed by atoms with Crippen LogP contribution in [0.1, 0.15) is 26.7 Å². The van der Waals surface area contributed by atoms with Crippen LogP contribution in [0.3, 0.4) is 0 Å². The van der Waals surface area contributed by atoms with Crippen molar-refractivity contribution in [2.75, 3.05) is 13.1 Å². The number of hydrogen-bond donors (Lipinski definition) is 2. The van der Waals surface area contributed by atoms with Crippen molar-refractivity contribution in [2.45, 2.75) is 26.7 Å². The van der Waals surface area contributed by atoms with E-state index in [0.29, 0.717) is 0 Å². The Morgan fingerprint density at radius 3 is 1.82 bits per heavy atom. The summed E-state index contributed by atoms with van der Waals surface area (Å²) in [5, 5.41) is 3.22. The molecule has 0 saturated carbocycles. The zero-order valence-corrected chi connectivity index (χ0v) is 7.39. The second kappa shape index (κ2) is 6.16. The standard InChI is InChI=1S/C4H9NO.C4H9N/c1-3(2)4(5)6;1-2-4-5-3-1/h3H,1-2H3,(H2,5,6);5H,1-4H2. The van der Waals surface area contributed by atoms with Crippen LogP contribution in [0.2, 0.25) is 0 Å². The lowest BCUT2D eigenvalue weighted by molar-refractivity contribution is -0.120. The highest BCUT2D eigenvalue weighted by Crippen LogP contribution is 1.90. The van der Waals surface area contributed by atoms with Gasteiger partial charge in [0.15, 0.2) is 0 Å². The van der Waals surface area contributed by atoms with Gasteiger partial charge in [-0.05, 0) is 25.9 Å². The number of nitrogens with one attached hydrogen (secondary N) is 1. The van der Waals surface area contributed by atoms with Gasteiger partial charge in [0.1, 0.15) is 0 Å². The number of nitrogens with two attached hydrogens (primary N) is 1. The predicted molar refractivity (Wildman–Crippen MR) is 46.1 cm³/mol. The monoisotopic (exact) mass is 158 g/mol. The van der Waals surface area contributed by atoms with Crippen LogP contribution < -0.4 is 11.1 Å². The molecule has 0 unspecified atom stereocenters. The van der Waals surface area contributed by atoms with E-state index >= 15 is 0 Å². The normalized spacial score (nSPS) is 15.9. The highest BCUT2D eigenvalue weighted by molar-refractivity contribution is 5.75. The van der Waals surface area contributed by atoms with E-state index in [0.717, 1.165) is 0 Å². The molecule has 1 rings (SSSR count). The van der Waals surface area contributed by atoms with E-state index in [-0.39, 0.29) is 11.8 Å². The molecular formula is C8H18N2O. The molecule has 66 valence electrons. The van der Waals surface area contributed by atoms with Gasteiger partial charge in [-0.1, -0.05) is 13.8 Å². The molecule has 1 amide bonds. The highest BCUT2D eigenvalue weighted by Gasteiger charge is 1.96. The summed E-state index contributed by atoms with van der Waals surface area (Å²) in [5.41, 5.74) is 4.80. The van der Waals surface area contributed by atoms with Crippen LogP contribution in [0.4, 0.5) is 0 Å². The third kappa shape index (κ3) is 7.33. The second-order valence-corrected chi connectivity index (χ2v) is 3.01. The number of primary amides is 1. The average Bonchev–Trinajstić information content (AvgIpc) is 2.41. The zero-order chi connectivity index (χ0) is 8.69. The summed E-state index contributed by atoms with van der Waals surface area (Å²) in [7, 11) is 0. The second-order valence-electron chi connectivity index (χ2n) is 3.01. The lowest BCUT2D eigenvalue weighted by atomic mass is 10.2. The van der Waals surface area contributed by atoms with Crippen LogP contribution in [-0.2, 0) is 4.79 Å². The molecule has 3 N–H and O–H groups in total. The van der Waals surface area contributed by atoms with Gasteiger partial charge in [-0.2, -0.15) is 0 Å². The molecule has 0 radical (unpaired) electrons. The van der Waals surface area contributed by atoms with Crippen LogP contribution >= 0.6 is 0 Å². The molecule has 3 nitrogen and oxygen atoms in total. The Bertz CT molecular complexity index is 101. The van der Waals surface area contributed by atoms with Gasteiger partial charge in [-0.25, -0.2) is 0 Å². The summed E-state index contributed by atoms with van der Waals surface area (Å²) in [5.74, 6) is -0.250. The molecule has 0 aromatic heterocycles. The maximum atomic E-state index is 9.92. The fraction of sp³-hybridized carbons (Fsp3) is 0.875. The molecule has 1 fully saturated rings. The van der Waals surface area contributed by atoms with Crippen LogP contribution in [0.25, 0.3) is 0 Å². The number of carbonyl (C=O) groups is 1. The molecule has 0 aromatic carbocycles. The van der Waals surface area contributed by atoms with Gasteiger partial charge in [0.25, 0.3) is 0 Å². The first-order valence-corrected chi connectivity index (χ1v) is 4.14. The van der Waals surface area contributed by atoms with Gasteiger partial charge >= 0.3 is 0 Å². The van der Waals surface area contributed by atoms with Crippen molar-refractivity contribution in [3.05, 3.63) is 0 Å². The molecule has 1 saturated heterocycles. The Hall–Kier alpha value is -0.570. The minimum absolute atomic E-state index is 0.00926. The molecule has 0 atom stereocenters. The fourth-order valence-corrected chi connectivity index (χ4v) is 0.625. The third-order valence-electron chi connectivity index (χ3n) is 1.53. The van der Waals surface area contributed by atoms with Crippen molar-refractivity contribution < 1.29 is 4.79 Å². The first kappa shape index (κ1) is 10.4. The van der Waals surface area contributed by atoms with Crippen molar-refractivity contribution in [1.29, 1.82) is 0 Å². The van der Waals surface area contributed by atoms with Gasteiger partial charge in [0, 0.05) is 5.92 Å². The highest BCUT2D eigenvalue weighted by atomic mass is 16.1. The van der Waals surface area contributed by atoms with Crippen LogP contribution in [-0.4, -0.2) is 19.0 Å². The molecule has 3 heteroatoms. The van der Waals surface area contributed by atoms with Crippen molar-refractivity contribution in [2.24, 2.45) is 11.7 Å². The van der Waals surface area contributed by atoms with Gasteiger partial charge in [0.05, 0.1) is 0 Å².